The van der Waals surface area contributed by atoms with E-state index in [4.69, 9.17) is 0 Å². The Balaban J connectivity index is 1.74. The van der Waals surface area contributed by atoms with Crippen molar-refractivity contribution in [1.82, 2.24) is 5.32 Å². The van der Waals surface area contributed by atoms with Crippen LogP contribution in [0, 0.1) is 0 Å². The van der Waals surface area contributed by atoms with Crippen molar-refractivity contribution < 1.29 is 5.11 Å². The lowest BCUT2D eigenvalue weighted by Gasteiger charge is -2.32. The summed E-state index contributed by atoms with van der Waals surface area (Å²) in [5, 5.41) is 13.7. The van der Waals surface area contributed by atoms with Crippen LogP contribution in [0.5, 0.6) is 0 Å². The molecule has 0 unspecified atom stereocenters. The van der Waals surface area contributed by atoms with E-state index in [0.717, 1.165) is 25.9 Å². The quantitative estimate of drug-likeness (QED) is 0.894. The highest BCUT2D eigenvalue weighted by molar-refractivity contribution is 9.11. The number of halogens is 1. The molecule has 2 nitrogen and oxygen atoms in total. The fourth-order valence-electron chi connectivity index (χ4n) is 2.25. The summed E-state index contributed by atoms with van der Waals surface area (Å²) in [5.74, 6) is 0. The standard InChI is InChI=1S/C12H18BrNOS/c13-11-5-4-10(16-11)8-14-9-12(15)6-2-1-3-7-12/h4-5,14-15H,1-3,6-9H2. The Labute approximate surface area is 109 Å². The second-order valence-corrected chi connectivity index (χ2v) is 7.14. The zero-order valence-corrected chi connectivity index (χ0v) is 11.7. The van der Waals surface area contributed by atoms with Crippen LogP contribution in [-0.4, -0.2) is 17.3 Å². The molecular weight excluding hydrogens is 286 g/mol. The van der Waals surface area contributed by atoms with Gasteiger partial charge in [0, 0.05) is 18.0 Å². The van der Waals surface area contributed by atoms with Crippen molar-refractivity contribution in [3.63, 3.8) is 0 Å². The lowest BCUT2D eigenvalue weighted by Crippen LogP contribution is -2.41. The van der Waals surface area contributed by atoms with E-state index < -0.39 is 5.60 Å². The molecule has 1 aliphatic rings. The molecule has 0 spiro atoms. The van der Waals surface area contributed by atoms with E-state index in [2.05, 4.69) is 33.4 Å². The Morgan fingerprint density at radius 2 is 2.06 bits per heavy atom. The zero-order valence-electron chi connectivity index (χ0n) is 9.34. The number of rotatable bonds is 4. The Hall–Kier alpha value is 0.1000. The third-order valence-corrected chi connectivity index (χ3v) is 4.79. The molecule has 0 radical (unpaired) electrons. The first kappa shape index (κ1) is 12.6. The summed E-state index contributed by atoms with van der Waals surface area (Å²) in [6.45, 7) is 1.58. The minimum Gasteiger partial charge on any atom is -0.389 e. The van der Waals surface area contributed by atoms with Crippen molar-refractivity contribution in [3.05, 3.63) is 20.8 Å². The van der Waals surface area contributed by atoms with Gasteiger partial charge in [-0.1, -0.05) is 19.3 Å². The summed E-state index contributed by atoms with van der Waals surface area (Å²) < 4.78 is 1.17. The second kappa shape index (κ2) is 5.63. The average molecular weight is 304 g/mol. The van der Waals surface area contributed by atoms with Crippen LogP contribution in [0.4, 0.5) is 0 Å². The number of nitrogens with one attached hydrogen (secondary N) is 1. The van der Waals surface area contributed by atoms with Gasteiger partial charge >= 0.3 is 0 Å². The highest BCUT2D eigenvalue weighted by atomic mass is 79.9. The number of aliphatic hydroxyl groups is 1. The van der Waals surface area contributed by atoms with E-state index in [0.29, 0.717) is 0 Å². The van der Waals surface area contributed by atoms with Crippen molar-refractivity contribution in [2.45, 2.75) is 44.2 Å². The van der Waals surface area contributed by atoms with Gasteiger partial charge in [0.25, 0.3) is 0 Å². The van der Waals surface area contributed by atoms with Gasteiger partial charge in [-0.15, -0.1) is 11.3 Å². The third kappa shape index (κ3) is 3.55. The normalized spacial score (nSPS) is 19.9. The van der Waals surface area contributed by atoms with Crippen LogP contribution in [0.1, 0.15) is 37.0 Å². The minimum atomic E-state index is -0.452. The second-order valence-electron chi connectivity index (χ2n) is 4.59. The molecule has 0 atom stereocenters. The molecule has 4 heteroatoms. The van der Waals surface area contributed by atoms with Crippen LogP contribution in [0.25, 0.3) is 0 Å². The van der Waals surface area contributed by atoms with E-state index in [1.807, 2.05) is 0 Å². The topological polar surface area (TPSA) is 32.3 Å². The van der Waals surface area contributed by atoms with Gasteiger partial charge in [0.15, 0.2) is 0 Å². The zero-order chi connectivity index (χ0) is 11.4. The smallest absolute Gasteiger partial charge is 0.0771 e. The highest BCUT2D eigenvalue weighted by Crippen LogP contribution is 2.27. The number of hydrogen-bond acceptors (Lipinski definition) is 3. The van der Waals surface area contributed by atoms with Gasteiger partial charge < -0.3 is 10.4 Å². The molecule has 0 aromatic carbocycles. The molecule has 1 fully saturated rings. The van der Waals surface area contributed by atoms with Gasteiger partial charge in [-0.3, -0.25) is 0 Å². The fraction of sp³-hybridized carbons (Fsp3) is 0.667. The minimum absolute atomic E-state index is 0.452. The van der Waals surface area contributed by atoms with Crippen LogP contribution >= 0.6 is 27.3 Å². The molecular formula is C12H18BrNOS. The SMILES string of the molecule is OC1(CNCc2ccc(Br)s2)CCCCC1. The lowest BCUT2D eigenvalue weighted by molar-refractivity contribution is 0.00472. The molecule has 2 rings (SSSR count). The first-order chi connectivity index (χ1) is 7.68. The fourth-order valence-corrected chi connectivity index (χ4v) is 3.70. The molecule has 1 aliphatic carbocycles. The summed E-state index contributed by atoms with van der Waals surface area (Å²) in [6, 6.07) is 4.18. The predicted octanol–water partition coefficient (Wildman–Crippen LogP) is 3.30. The van der Waals surface area contributed by atoms with Crippen molar-refractivity contribution in [2.75, 3.05) is 6.54 Å². The van der Waals surface area contributed by atoms with E-state index in [1.165, 1.54) is 27.9 Å². The summed E-state index contributed by atoms with van der Waals surface area (Å²) in [4.78, 5) is 1.31. The molecule has 16 heavy (non-hydrogen) atoms. The van der Waals surface area contributed by atoms with Crippen molar-refractivity contribution in [2.24, 2.45) is 0 Å². The van der Waals surface area contributed by atoms with Crippen molar-refractivity contribution >= 4 is 27.3 Å². The predicted molar refractivity (Wildman–Crippen MR) is 71.8 cm³/mol. The molecule has 1 aromatic heterocycles. The molecule has 1 heterocycles. The summed E-state index contributed by atoms with van der Waals surface area (Å²) in [6.07, 6.45) is 5.52. The largest absolute Gasteiger partial charge is 0.389 e. The van der Waals surface area contributed by atoms with Gasteiger partial charge in [0.2, 0.25) is 0 Å². The molecule has 0 amide bonds. The first-order valence-corrected chi connectivity index (χ1v) is 7.46. The molecule has 0 saturated heterocycles. The molecule has 2 N–H and O–H groups in total. The Morgan fingerprint density at radius 3 is 2.69 bits per heavy atom. The molecule has 1 saturated carbocycles. The molecule has 90 valence electrons. The van der Waals surface area contributed by atoms with Gasteiger partial charge in [-0.05, 0) is 40.9 Å². The van der Waals surface area contributed by atoms with Crippen LogP contribution < -0.4 is 5.32 Å². The van der Waals surface area contributed by atoms with Gasteiger partial charge in [0.05, 0.1) is 9.39 Å². The average Bonchev–Trinajstić information content (AvgIpc) is 2.65. The van der Waals surface area contributed by atoms with Crippen LogP contribution in [0.2, 0.25) is 0 Å². The van der Waals surface area contributed by atoms with E-state index in [1.54, 1.807) is 11.3 Å². The summed E-state index contributed by atoms with van der Waals surface area (Å²) >= 11 is 5.20. The number of hydrogen-bond donors (Lipinski definition) is 2. The van der Waals surface area contributed by atoms with Crippen molar-refractivity contribution in [1.29, 1.82) is 0 Å². The lowest BCUT2D eigenvalue weighted by atomic mass is 9.85. The van der Waals surface area contributed by atoms with E-state index in [9.17, 15) is 5.11 Å². The van der Waals surface area contributed by atoms with Crippen LogP contribution in [0.15, 0.2) is 15.9 Å². The molecule has 0 bridgehead atoms. The molecule has 1 aromatic rings. The maximum absolute atomic E-state index is 10.3. The van der Waals surface area contributed by atoms with E-state index in [-0.39, 0.29) is 0 Å². The first-order valence-electron chi connectivity index (χ1n) is 5.85. The Morgan fingerprint density at radius 1 is 1.31 bits per heavy atom. The van der Waals surface area contributed by atoms with Crippen LogP contribution in [0.3, 0.4) is 0 Å². The van der Waals surface area contributed by atoms with Crippen molar-refractivity contribution in [3.8, 4) is 0 Å². The van der Waals surface area contributed by atoms with Gasteiger partial charge in [0.1, 0.15) is 0 Å². The Bertz CT molecular complexity index is 334. The summed E-state index contributed by atoms with van der Waals surface area (Å²) in [5.41, 5.74) is -0.452. The maximum Gasteiger partial charge on any atom is 0.0771 e. The van der Waals surface area contributed by atoms with Gasteiger partial charge in [-0.25, -0.2) is 0 Å². The van der Waals surface area contributed by atoms with Gasteiger partial charge in [-0.2, -0.15) is 0 Å². The monoisotopic (exact) mass is 303 g/mol. The Kier molecular flexibility index (Phi) is 4.41. The third-order valence-electron chi connectivity index (χ3n) is 3.17. The maximum atomic E-state index is 10.3. The van der Waals surface area contributed by atoms with E-state index >= 15 is 0 Å². The molecule has 0 aliphatic heterocycles. The summed E-state index contributed by atoms with van der Waals surface area (Å²) in [7, 11) is 0. The number of thiophene rings is 1. The van der Waals surface area contributed by atoms with Crippen LogP contribution in [-0.2, 0) is 6.54 Å². The highest BCUT2D eigenvalue weighted by Gasteiger charge is 2.28.